The Balaban J connectivity index is 1.95. The topological polar surface area (TPSA) is 59.1 Å². The SMILES string of the molecule is Cc1ccc(S(=O)(=O)Nc2ccc3cnccc3c2)cc1. The largest absolute Gasteiger partial charge is 0.280 e. The Morgan fingerprint density at radius 1 is 0.952 bits per heavy atom. The number of aryl methyl sites for hydroxylation is 1. The molecule has 0 unspecified atom stereocenters. The summed E-state index contributed by atoms with van der Waals surface area (Å²) in [4.78, 5) is 4.29. The first-order chi connectivity index (χ1) is 10.0. The summed E-state index contributed by atoms with van der Waals surface area (Å²) in [6, 6.07) is 14.0. The smallest absolute Gasteiger partial charge is 0.261 e. The van der Waals surface area contributed by atoms with Gasteiger partial charge in [0.15, 0.2) is 0 Å². The average molecular weight is 298 g/mol. The van der Waals surface area contributed by atoms with Crippen LogP contribution in [-0.2, 0) is 10.0 Å². The summed E-state index contributed by atoms with van der Waals surface area (Å²) in [6.07, 6.45) is 3.42. The van der Waals surface area contributed by atoms with E-state index in [2.05, 4.69) is 9.71 Å². The molecule has 0 aliphatic heterocycles. The van der Waals surface area contributed by atoms with Crippen LogP contribution in [0.3, 0.4) is 0 Å². The molecule has 106 valence electrons. The van der Waals surface area contributed by atoms with Gasteiger partial charge in [0.1, 0.15) is 0 Å². The van der Waals surface area contributed by atoms with E-state index in [1.54, 1.807) is 48.8 Å². The second-order valence-electron chi connectivity index (χ2n) is 4.86. The molecule has 0 amide bonds. The van der Waals surface area contributed by atoms with Gasteiger partial charge in [0.25, 0.3) is 10.0 Å². The zero-order chi connectivity index (χ0) is 14.9. The van der Waals surface area contributed by atoms with E-state index in [1.807, 2.05) is 19.1 Å². The molecule has 0 fully saturated rings. The van der Waals surface area contributed by atoms with Crippen molar-refractivity contribution >= 4 is 26.5 Å². The molecule has 4 nitrogen and oxygen atoms in total. The molecule has 0 aliphatic carbocycles. The molecule has 5 heteroatoms. The van der Waals surface area contributed by atoms with Crippen LogP contribution in [0.25, 0.3) is 10.8 Å². The number of rotatable bonds is 3. The van der Waals surface area contributed by atoms with Crippen molar-refractivity contribution in [3.63, 3.8) is 0 Å². The minimum Gasteiger partial charge on any atom is -0.280 e. The van der Waals surface area contributed by atoms with Crippen molar-refractivity contribution in [1.82, 2.24) is 4.98 Å². The summed E-state index contributed by atoms with van der Waals surface area (Å²) in [5.74, 6) is 0. The Kier molecular flexibility index (Phi) is 3.35. The molecular formula is C16H14N2O2S. The highest BCUT2D eigenvalue weighted by Crippen LogP contribution is 2.21. The maximum atomic E-state index is 12.3. The third-order valence-corrected chi connectivity index (χ3v) is 4.62. The molecule has 1 aromatic heterocycles. The molecule has 0 atom stereocenters. The van der Waals surface area contributed by atoms with Gasteiger partial charge >= 0.3 is 0 Å². The molecule has 1 heterocycles. The average Bonchev–Trinajstić information content (AvgIpc) is 2.47. The number of nitrogens with zero attached hydrogens (tertiary/aromatic N) is 1. The van der Waals surface area contributed by atoms with E-state index >= 15 is 0 Å². The van der Waals surface area contributed by atoms with E-state index in [4.69, 9.17) is 0 Å². The van der Waals surface area contributed by atoms with Crippen LogP contribution in [0.4, 0.5) is 5.69 Å². The molecule has 3 aromatic rings. The third kappa shape index (κ3) is 2.87. The van der Waals surface area contributed by atoms with E-state index in [0.717, 1.165) is 16.3 Å². The van der Waals surface area contributed by atoms with Crippen LogP contribution in [0, 0.1) is 6.92 Å². The molecule has 0 saturated heterocycles. The van der Waals surface area contributed by atoms with Gasteiger partial charge in [-0.2, -0.15) is 0 Å². The number of hydrogen-bond donors (Lipinski definition) is 1. The number of nitrogens with one attached hydrogen (secondary N) is 1. The third-order valence-electron chi connectivity index (χ3n) is 3.22. The van der Waals surface area contributed by atoms with Crippen molar-refractivity contribution in [2.45, 2.75) is 11.8 Å². The van der Waals surface area contributed by atoms with Crippen LogP contribution in [0.1, 0.15) is 5.56 Å². The van der Waals surface area contributed by atoms with Crippen molar-refractivity contribution in [2.24, 2.45) is 0 Å². The van der Waals surface area contributed by atoms with Gasteiger partial charge in [0.05, 0.1) is 4.90 Å². The first kappa shape index (κ1) is 13.6. The van der Waals surface area contributed by atoms with Crippen molar-refractivity contribution < 1.29 is 8.42 Å². The van der Waals surface area contributed by atoms with E-state index in [1.165, 1.54) is 0 Å². The van der Waals surface area contributed by atoms with Crippen molar-refractivity contribution in [2.75, 3.05) is 4.72 Å². The number of pyridine rings is 1. The summed E-state index contributed by atoms with van der Waals surface area (Å²) in [7, 11) is -3.56. The molecule has 0 saturated carbocycles. The fourth-order valence-electron chi connectivity index (χ4n) is 2.08. The van der Waals surface area contributed by atoms with Crippen LogP contribution in [0.2, 0.25) is 0 Å². The molecule has 0 spiro atoms. The number of anilines is 1. The highest BCUT2D eigenvalue weighted by atomic mass is 32.2. The van der Waals surface area contributed by atoms with Gasteiger partial charge in [-0.3, -0.25) is 9.71 Å². The molecule has 2 aromatic carbocycles. The number of fused-ring (bicyclic) bond motifs is 1. The molecular weight excluding hydrogens is 284 g/mol. The molecule has 0 aliphatic rings. The van der Waals surface area contributed by atoms with Gasteiger partial charge in [-0.25, -0.2) is 8.42 Å². The Bertz CT molecular complexity index is 888. The normalized spacial score (nSPS) is 11.5. The standard InChI is InChI=1S/C16H14N2O2S/c1-12-2-6-16(7-3-12)21(19,20)18-15-5-4-14-11-17-9-8-13(14)10-15/h2-11,18H,1H3. The summed E-state index contributed by atoms with van der Waals surface area (Å²) >= 11 is 0. The Hall–Kier alpha value is -2.40. The Labute approximate surface area is 123 Å². The monoisotopic (exact) mass is 298 g/mol. The molecule has 21 heavy (non-hydrogen) atoms. The highest BCUT2D eigenvalue weighted by molar-refractivity contribution is 7.92. The van der Waals surface area contributed by atoms with Crippen LogP contribution >= 0.6 is 0 Å². The Morgan fingerprint density at radius 2 is 1.71 bits per heavy atom. The van der Waals surface area contributed by atoms with E-state index < -0.39 is 10.0 Å². The van der Waals surface area contributed by atoms with Gasteiger partial charge in [0.2, 0.25) is 0 Å². The lowest BCUT2D eigenvalue weighted by Gasteiger charge is -2.09. The Morgan fingerprint density at radius 3 is 2.48 bits per heavy atom. The number of aromatic nitrogens is 1. The lowest BCUT2D eigenvalue weighted by molar-refractivity contribution is 0.601. The van der Waals surface area contributed by atoms with E-state index in [-0.39, 0.29) is 4.90 Å². The van der Waals surface area contributed by atoms with Crippen molar-refractivity contribution in [1.29, 1.82) is 0 Å². The van der Waals surface area contributed by atoms with Gasteiger partial charge in [-0.15, -0.1) is 0 Å². The first-order valence-corrected chi connectivity index (χ1v) is 7.96. The molecule has 1 N–H and O–H groups in total. The quantitative estimate of drug-likeness (QED) is 0.806. The number of hydrogen-bond acceptors (Lipinski definition) is 3. The van der Waals surface area contributed by atoms with Crippen molar-refractivity contribution in [3.8, 4) is 0 Å². The van der Waals surface area contributed by atoms with Gasteiger partial charge in [0, 0.05) is 23.5 Å². The van der Waals surface area contributed by atoms with Gasteiger partial charge in [-0.1, -0.05) is 23.8 Å². The maximum Gasteiger partial charge on any atom is 0.261 e. The summed E-state index contributed by atoms with van der Waals surface area (Å²) in [5, 5.41) is 1.91. The van der Waals surface area contributed by atoms with Crippen LogP contribution in [-0.4, -0.2) is 13.4 Å². The number of benzene rings is 2. The highest BCUT2D eigenvalue weighted by Gasteiger charge is 2.13. The lowest BCUT2D eigenvalue weighted by Crippen LogP contribution is -2.12. The first-order valence-electron chi connectivity index (χ1n) is 6.48. The predicted octanol–water partition coefficient (Wildman–Crippen LogP) is 3.34. The lowest BCUT2D eigenvalue weighted by atomic mass is 10.2. The van der Waals surface area contributed by atoms with Gasteiger partial charge in [-0.05, 0) is 42.6 Å². The summed E-state index contributed by atoms with van der Waals surface area (Å²) in [6.45, 7) is 1.92. The molecule has 0 bridgehead atoms. The van der Waals surface area contributed by atoms with Crippen molar-refractivity contribution in [3.05, 3.63) is 66.5 Å². The second-order valence-corrected chi connectivity index (χ2v) is 6.54. The van der Waals surface area contributed by atoms with Gasteiger partial charge < -0.3 is 0 Å². The minimum absolute atomic E-state index is 0.253. The molecule has 3 rings (SSSR count). The fraction of sp³-hybridized carbons (Fsp3) is 0.0625. The zero-order valence-corrected chi connectivity index (χ0v) is 12.3. The van der Waals surface area contributed by atoms with Crippen LogP contribution in [0.15, 0.2) is 65.8 Å². The number of sulfonamides is 1. The van der Waals surface area contributed by atoms with Crippen LogP contribution in [0.5, 0.6) is 0 Å². The second kappa shape index (κ2) is 5.18. The predicted molar refractivity (Wildman–Crippen MR) is 83.7 cm³/mol. The summed E-state index contributed by atoms with van der Waals surface area (Å²) in [5.41, 5.74) is 1.56. The molecule has 0 radical (unpaired) electrons. The van der Waals surface area contributed by atoms with Crippen LogP contribution < -0.4 is 4.72 Å². The maximum absolute atomic E-state index is 12.3. The minimum atomic E-state index is -3.56. The zero-order valence-electron chi connectivity index (χ0n) is 11.4. The van der Waals surface area contributed by atoms with E-state index in [9.17, 15) is 8.42 Å². The summed E-state index contributed by atoms with van der Waals surface area (Å²) < 4.78 is 27.2. The fourth-order valence-corrected chi connectivity index (χ4v) is 3.13. The van der Waals surface area contributed by atoms with E-state index in [0.29, 0.717) is 5.69 Å².